The van der Waals surface area contributed by atoms with Gasteiger partial charge in [0.05, 0.1) is 24.4 Å². The minimum absolute atomic E-state index is 0.132. The molecule has 23 heavy (non-hydrogen) atoms. The first kappa shape index (κ1) is 14.8. The van der Waals surface area contributed by atoms with Gasteiger partial charge in [-0.05, 0) is 30.3 Å². The van der Waals surface area contributed by atoms with Crippen LogP contribution in [0, 0.1) is 11.6 Å². The summed E-state index contributed by atoms with van der Waals surface area (Å²) in [7, 11) is 1.77. The van der Waals surface area contributed by atoms with Gasteiger partial charge in [0.15, 0.2) is 0 Å². The number of imidazole rings is 1. The van der Waals surface area contributed by atoms with E-state index in [0.29, 0.717) is 11.3 Å². The van der Waals surface area contributed by atoms with Crippen LogP contribution in [0.5, 0.6) is 0 Å². The Labute approximate surface area is 130 Å². The lowest BCUT2D eigenvalue weighted by atomic mass is 10.1. The first-order chi connectivity index (χ1) is 11.0. The molecular weight excluding hydrogens is 302 g/mol. The van der Waals surface area contributed by atoms with Crippen molar-refractivity contribution < 1.29 is 13.6 Å². The predicted molar refractivity (Wildman–Crippen MR) is 80.8 cm³/mol. The highest BCUT2D eigenvalue weighted by atomic mass is 19.1. The van der Waals surface area contributed by atoms with Gasteiger partial charge in [0.1, 0.15) is 17.5 Å². The zero-order valence-electron chi connectivity index (χ0n) is 12.1. The first-order valence-electron chi connectivity index (χ1n) is 6.73. The molecule has 0 spiro atoms. The maximum absolute atomic E-state index is 13.8. The molecule has 0 aliphatic rings. The second kappa shape index (κ2) is 5.96. The highest BCUT2D eigenvalue weighted by Gasteiger charge is 2.12. The van der Waals surface area contributed by atoms with Gasteiger partial charge < -0.3 is 9.88 Å². The molecule has 1 amide bonds. The van der Waals surface area contributed by atoms with E-state index in [1.165, 1.54) is 18.2 Å². The zero-order chi connectivity index (χ0) is 16.4. The molecule has 0 atom stereocenters. The van der Waals surface area contributed by atoms with Gasteiger partial charge in [-0.1, -0.05) is 0 Å². The van der Waals surface area contributed by atoms with Crippen LogP contribution in [0.2, 0.25) is 0 Å². The standard InChI is InChI=1S/C16H12F2N4O/c1-22-9-19-8-14(22)10-4-11(6-13(18)5-10)16(23)21-15-3-2-12(17)7-20-15/h2-9H,1H3,(H,20,21,23). The number of carbonyl (C=O) groups excluding carboxylic acids is 1. The van der Waals surface area contributed by atoms with Gasteiger partial charge >= 0.3 is 0 Å². The third-order valence-electron chi connectivity index (χ3n) is 3.24. The van der Waals surface area contributed by atoms with E-state index < -0.39 is 17.5 Å². The summed E-state index contributed by atoms with van der Waals surface area (Å²) < 4.78 is 28.4. The summed E-state index contributed by atoms with van der Waals surface area (Å²) in [6.45, 7) is 0. The summed E-state index contributed by atoms with van der Waals surface area (Å²) in [5.74, 6) is -1.40. The van der Waals surface area contributed by atoms with Gasteiger partial charge in [0.2, 0.25) is 0 Å². The van der Waals surface area contributed by atoms with E-state index in [1.54, 1.807) is 30.2 Å². The normalized spacial score (nSPS) is 10.6. The van der Waals surface area contributed by atoms with Crippen molar-refractivity contribution in [2.24, 2.45) is 7.05 Å². The number of amides is 1. The van der Waals surface area contributed by atoms with E-state index >= 15 is 0 Å². The Hall–Kier alpha value is -3.09. The van der Waals surface area contributed by atoms with Crippen LogP contribution in [0.3, 0.4) is 0 Å². The van der Waals surface area contributed by atoms with Crippen LogP contribution >= 0.6 is 0 Å². The van der Waals surface area contributed by atoms with E-state index in [1.807, 2.05) is 0 Å². The van der Waals surface area contributed by atoms with Gasteiger partial charge in [0.25, 0.3) is 5.91 Å². The molecule has 0 saturated carbocycles. The molecule has 1 aromatic carbocycles. The average Bonchev–Trinajstić information content (AvgIpc) is 2.95. The summed E-state index contributed by atoms with van der Waals surface area (Å²) in [6.07, 6.45) is 4.16. The summed E-state index contributed by atoms with van der Waals surface area (Å²) in [5, 5.41) is 2.49. The molecule has 0 aliphatic heterocycles. The monoisotopic (exact) mass is 314 g/mol. The van der Waals surface area contributed by atoms with Crippen LogP contribution < -0.4 is 5.32 Å². The SMILES string of the molecule is Cn1cncc1-c1cc(F)cc(C(=O)Nc2ccc(F)cn2)c1. The smallest absolute Gasteiger partial charge is 0.256 e. The van der Waals surface area contributed by atoms with E-state index in [4.69, 9.17) is 0 Å². The lowest BCUT2D eigenvalue weighted by Gasteiger charge is -2.08. The Balaban J connectivity index is 1.90. The van der Waals surface area contributed by atoms with Crippen molar-refractivity contribution in [2.75, 3.05) is 5.32 Å². The van der Waals surface area contributed by atoms with Crippen molar-refractivity contribution in [3.8, 4) is 11.3 Å². The molecule has 0 aliphatic carbocycles. The third-order valence-corrected chi connectivity index (χ3v) is 3.24. The molecule has 2 heterocycles. The van der Waals surface area contributed by atoms with Crippen molar-refractivity contribution in [1.29, 1.82) is 0 Å². The number of aromatic nitrogens is 3. The van der Waals surface area contributed by atoms with Crippen LogP contribution in [0.4, 0.5) is 14.6 Å². The number of rotatable bonds is 3. The van der Waals surface area contributed by atoms with Crippen molar-refractivity contribution in [1.82, 2.24) is 14.5 Å². The number of halogens is 2. The fraction of sp³-hybridized carbons (Fsp3) is 0.0625. The number of hydrogen-bond acceptors (Lipinski definition) is 3. The number of hydrogen-bond donors (Lipinski definition) is 1. The molecule has 0 bridgehead atoms. The van der Waals surface area contributed by atoms with Crippen LogP contribution in [-0.4, -0.2) is 20.4 Å². The van der Waals surface area contributed by atoms with Crippen LogP contribution in [-0.2, 0) is 7.05 Å². The largest absolute Gasteiger partial charge is 0.334 e. The number of anilines is 1. The Kier molecular flexibility index (Phi) is 3.84. The van der Waals surface area contributed by atoms with Crippen molar-refractivity contribution in [2.45, 2.75) is 0 Å². The number of aryl methyl sites for hydroxylation is 1. The van der Waals surface area contributed by atoms with E-state index in [-0.39, 0.29) is 11.4 Å². The molecule has 0 unspecified atom stereocenters. The molecule has 3 aromatic rings. The number of nitrogens with one attached hydrogen (secondary N) is 1. The van der Waals surface area contributed by atoms with Gasteiger partial charge in [-0.2, -0.15) is 0 Å². The number of pyridine rings is 1. The predicted octanol–water partition coefficient (Wildman–Crippen LogP) is 3.01. The van der Waals surface area contributed by atoms with Crippen LogP contribution in [0.15, 0.2) is 49.1 Å². The summed E-state index contributed by atoms with van der Waals surface area (Å²) >= 11 is 0. The molecule has 116 valence electrons. The quantitative estimate of drug-likeness (QED) is 0.808. The Bertz CT molecular complexity index is 859. The van der Waals surface area contributed by atoms with E-state index in [2.05, 4.69) is 15.3 Å². The molecule has 0 radical (unpaired) electrons. The second-order valence-electron chi connectivity index (χ2n) is 4.93. The molecule has 0 fully saturated rings. The number of benzene rings is 1. The first-order valence-corrected chi connectivity index (χ1v) is 6.73. The van der Waals surface area contributed by atoms with Crippen molar-refractivity contribution >= 4 is 11.7 Å². The van der Waals surface area contributed by atoms with Crippen molar-refractivity contribution in [3.63, 3.8) is 0 Å². The van der Waals surface area contributed by atoms with E-state index in [0.717, 1.165) is 12.3 Å². The lowest BCUT2D eigenvalue weighted by molar-refractivity contribution is 0.102. The summed E-state index contributed by atoms with van der Waals surface area (Å²) in [6, 6.07) is 6.51. The number of carbonyl (C=O) groups is 1. The fourth-order valence-corrected chi connectivity index (χ4v) is 2.14. The Morgan fingerprint density at radius 1 is 1.13 bits per heavy atom. The highest BCUT2D eigenvalue weighted by molar-refractivity contribution is 6.04. The molecular formula is C16H12F2N4O. The van der Waals surface area contributed by atoms with Gasteiger partial charge in [-0.15, -0.1) is 0 Å². The van der Waals surface area contributed by atoms with Gasteiger partial charge in [-0.3, -0.25) is 4.79 Å². The van der Waals surface area contributed by atoms with Crippen LogP contribution in [0.25, 0.3) is 11.3 Å². The fourth-order valence-electron chi connectivity index (χ4n) is 2.14. The maximum atomic E-state index is 13.8. The molecule has 3 rings (SSSR count). The van der Waals surface area contributed by atoms with E-state index in [9.17, 15) is 13.6 Å². The minimum atomic E-state index is -0.541. The summed E-state index contributed by atoms with van der Waals surface area (Å²) in [4.78, 5) is 19.9. The highest BCUT2D eigenvalue weighted by Crippen LogP contribution is 2.21. The van der Waals surface area contributed by atoms with Crippen molar-refractivity contribution in [3.05, 3.63) is 66.3 Å². The lowest BCUT2D eigenvalue weighted by Crippen LogP contribution is -2.13. The average molecular weight is 314 g/mol. The maximum Gasteiger partial charge on any atom is 0.256 e. The van der Waals surface area contributed by atoms with Gasteiger partial charge in [-0.25, -0.2) is 18.7 Å². The molecule has 0 saturated heterocycles. The van der Waals surface area contributed by atoms with Crippen LogP contribution in [0.1, 0.15) is 10.4 Å². The molecule has 1 N–H and O–H groups in total. The number of nitrogens with zero attached hydrogens (tertiary/aromatic N) is 3. The topological polar surface area (TPSA) is 59.8 Å². The Morgan fingerprint density at radius 2 is 1.96 bits per heavy atom. The molecule has 7 heteroatoms. The second-order valence-corrected chi connectivity index (χ2v) is 4.93. The molecule has 2 aromatic heterocycles. The Morgan fingerprint density at radius 3 is 2.61 bits per heavy atom. The summed E-state index contributed by atoms with van der Waals surface area (Å²) in [5.41, 5.74) is 1.34. The van der Waals surface area contributed by atoms with Gasteiger partial charge in [0, 0.05) is 18.2 Å². The third kappa shape index (κ3) is 3.23. The zero-order valence-corrected chi connectivity index (χ0v) is 12.1. The minimum Gasteiger partial charge on any atom is -0.334 e. The molecule has 5 nitrogen and oxygen atoms in total.